The molecule has 2 unspecified atom stereocenters. The number of aryl methyl sites for hydroxylation is 2. The Kier molecular flexibility index (Phi) is 75.9. The van der Waals surface area contributed by atoms with Crippen LogP contribution in [0, 0.1) is 0 Å². The second-order valence-corrected chi connectivity index (χ2v) is 37.2. The van der Waals surface area contributed by atoms with Crippen LogP contribution in [0.5, 0.6) is 0 Å². The third-order valence-electron chi connectivity index (χ3n) is 20.5. The highest BCUT2D eigenvalue weighted by molar-refractivity contribution is 7.46. The van der Waals surface area contributed by atoms with Gasteiger partial charge in [-0.3, -0.25) is 62.3 Å². The molecule has 2 aromatic carbocycles. The van der Waals surface area contributed by atoms with E-state index in [2.05, 4.69) is 67.8 Å². The topological polar surface area (TPSA) is 447 Å². The number of aliphatic hydroxyl groups is 1. The molecule has 0 aromatic heterocycles. The summed E-state index contributed by atoms with van der Waals surface area (Å²) in [6.45, 7) is 6.14. The smallest absolute Gasteiger partial charge is 0.373 e. The average Bonchev–Trinajstić information content (AvgIpc) is 0.881. The number of aliphatic carboxylic acids is 2. The third kappa shape index (κ3) is 83.2. The van der Waals surface area contributed by atoms with Crippen molar-refractivity contribution in [2.24, 2.45) is 0 Å². The van der Waals surface area contributed by atoms with E-state index in [1.165, 1.54) is 190 Å². The quantitative estimate of drug-likeness (QED) is 0.0139. The number of esters is 5. The summed E-state index contributed by atoms with van der Waals surface area (Å²) in [4.78, 5) is 163. The van der Waals surface area contributed by atoms with Crippen molar-refractivity contribution in [3.05, 3.63) is 70.8 Å². The lowest BCUT2D eigenvalue weighted by atomic mass is 10.0. The van der Waals surface area contributed by atoms with Gasteiger partial charge in [-0.2, -0.15) is 28.8 Å². The molecule has 0 aliphatic carbocycles. The van der Waals surface area contributed by atoms with Crippen molar-refractivity contribution in [3.63, 3.8) is 0 Å². The lowest BCUT2D eigenvalue weighted by molar-refractivity contribution is -0.870. The molecule has 0 amide bonds. The Hall–Kier alpha value is -6.87. The number of aliphatic hydroxyl groups excluding tert-OH is 1. The first kappa shape index (κ1) is 122. The van der Waals surface area contributed by atoms with E-state index in [1.807, 2.05) is 63.4 Å². The fourth-order valence-corrected chi connectivity index (χ4v) is 14.7. The molecule has 37 heteroatoms. The van der Waals surface area contributed by atoms with Crippen LogP contribution in [-0.2, 0) is 129 Å². The van der Waals surface area contributed by atoms with Crippen LogP contribution in [0.2, 0.25) is 0 Å². The van der Waals surface area contributed by atoms with Crippen molar-refractivity contribution in [1.29, 1.82) is 0 Å². The first-order valence-electron chi connectivity index (χ1n) is 45.3. The van der Waals surface area contributed by atoms with E-state index in [9.17, 15) is 57.6 Å². The van der Waals surface area contributed by atoms with Crippen molar-refractivity contribution >= 4 is 75.9 Å². The number of nitrogens with zero attached hydrogens (tertiary/aromatic N) is 8. The average molecular weight is 1840 g/mol. The van der Waals surface area contributed by atoms with Crippen molar-refractivity contribution in [2.45, 2.75) is 231 Å². The molecule has 2 aromatic rings. The predicted octanol–water partition coefficient (Wildman–Crippen LogP) is 9.25. The zero-order chi connectivity index (χ0) is 95.3. The third-order valence-corrected chi connectivity index (χ3v) is 22.5. The monoisotopic (exact) mass is 1840 g/mol. The van der Waals surface area contributed by atoms with Crippen LogP contribution in [0.4, 0.5) is 0 Å². The highest BCUT2D eigenvalue weighted by atomic mass is 31.2. The number of hydrogen-bond acceptors (Lipinski definition) is 31. The Labute approximate surface area is 755 Å². The van der Waals surface area contributed by atoms with Crippen LogP contribution < -0.4 is 9.79 Å². The van der Waals surface area contributed by atoms with Gasteiger partial charge in [-0.1, -0.05) is 228 Å². The van der Waals surface area contributed by atoms with Crippen LogP contribution in [0.15, 0.2) is 48.5 Å². The van der Waals surface area contributed by atoms with Gasteiger partial charge >= 0.3 is 60.2 Å². The van der Waals surface area contributed by atoms with Gasteiger partial charge in [0, 0.05) is 65.4 Å². The highest BCUT2D eigenvalue weighted by Gasteiger charge is 2.28. The zero-order valence-corrected chi connectivity index (χ0v) is 79.7. The molecular formula is C90H156N8O27P2. The van der Waals surface area contributed by atoms with Crippen molar-refractivity contribution in [3.8, 4) is 0 Å². The molecule has 127 heavy (non-hydrogen) atoms. The normalized spacial score (nSPS) is 13.9. The number of quaternary nitrogens is 2. The number of phosphoric acid groups is 2. The second-order valence-electron chi connectivity index (χ2n) is 34.4. The number of carboxylic acid groups (broad SMARTS) is 2. The summed E-state index contributed by atoms with van der Waals surface area (Å²) >= 11 is 0. The highest BCUT2D eigenvalue weighted by Crippen LogP contribution is 2.39. The molecule has 2 aliphatic rings. The number of cyclic esters (lactones) is 4. The van der Waals surface area contributed by atoms with E-state index in [4.69, 9.17) is 61.8 Å². The molecular weight excluding hydrogens is 1690 g/mol. The Bertz CT molecular complexity index is 3300. The van der Waals surface area contributed by atoms with E-state index >= 15 is 0 Å². The number of hydrogen-bond donors (Lipinski definition) is 3. The Morgan fingerprint density at radius 3 is 0.945 bits per heavy atom. The molecule has 728 valence electrons. The summed E-state index contributed by atoms with van der Waals surface area (Å²) in [6.07, 6.45) is 44.4. The molecule has 2 aliphatic heterocycles. The van der Waals surface area contributed by atoms with Gasteiger partial charge in [-0.15, -0.1) is 0 Å². The first-order valence-corrected chi connectivity index (χ1v) is 48.2. The summed E-state index contributed by atoms with van der Waals surface area (Å²) in [5.74, 6) is -4.89. The number of carbonyl (C=O) groups is 7. The molecule has 2 fully saturated rings. The number of unbranched alkanes of at least 4 members (excludes halogenated alkanes) is 30. The molecule has 2 atom stereocenters. The lowest BCUT2D eigenvalue weighted by Gasteiger charge is -2.30. The number of carbonyl (C=O) groups excluding carboxylic acids is 11. The summed E-state index contributed by atoms with van der Waals surface area (Å²) in [5, 5.41) is 27.3. The van der Waals surface area contributed by atoms with E-state index in [1.54, 1.807) is 19.6 Å². The summed E-state index contributed by atoms with van der Waals surface area (Å²) in [7, 11) is 9.67. The maximum Gasteiger partial charge on any atom is 0.373 e. The maximum atomic E-state index is 12.4. The minimum atomic E-state index is -4.18. The van der Waals surface area contributed by atoms with Gasteiger partial charge in [0.05, 0.1) is 108 Å². The number of benzene rings is 2. The Balaban J connectivity index is 0. The van der Waals surface area contributed by atoms with E-state index in [0.717, 1.165) is 70.0 Å². The minimum Gasteiger partial charge on any atom is -0.756 e. The molecule has 3 N–H and O–H groups in total. The molecule has 0 radical (unpaired) electrons. The number of carboxylic acids is 2. The number of ether oxygens (including phenoxy) is 3. The SMILES string of the molecule is CN(C)CCN(C)CCN(CC(=O)O)CC(=O)OCCc1ccc(CCCCCCCCCCCCCCCCCCOP(=O)([O-])OCC[N+](C)(C)C)cc1.C[N+](C)(C)CCOP(=O)([O-])OCCCCCCCCCCCCCCCCCCc1ccc(CCO)cc1.O=C(O)CN(CCN1CC(=O)OC(=O)C1)CCN1CC(=O)OC(=O)C1.O=C=O.O=C=O.O=C=O. The molecule has 0 spiro atoms. The molecule has 4 rings (SSSR count). The van der Waals surface area contributed by atoms with Crippen molar-refractivity contribution < 1.29 is 138 Å². The Morgan fingerprint density at radius 2 is 0.654 bits per heavy atom. The summed E-state index contributed by atoms with van der Waals surface area (Å²) in [6, 6.07) is 17.3. The number of phosphoric ester groups is 2. The fraction of sp³-hybridized carbons (Fsp3) is 0.756. The summed E-state index contributed by atoms with van der Waals surface area (Å²) < 4.78 is 58.9. The maximum absolute atomic E-state index is 12.4. The van der Waals surface area contributed by atoms with Gasteiger partial charge in [-0.25, -0.2) is 0 Å². The largest absolute Gasteiger partial charge is 0.756 e. The molecule has 2 saturated heterocycles. The van der Waals surface area contributed by atoms with Gasteiger partial charge in [0.15, 0.2) is 0 Å². The molecule has 2 heterocycles. The van der Waals surface area contributed by atoms with Gasteiger partial charge in [-0.05, 0) is 88.3 Å². The van der Waals surface area contributed by atoms with Gasteiger partial charge < -0.3 is 76.2 Å². The van der Waals surface area contributed by atoms with Gasteiger partial charge in [0.1, 0.15) is 26.3 Å². The molecule has 0 saturated carbocycles. The standard InChI is InChI=1S/C42H79N4O8P.C31H58NO5P.C14H19N3O8.3CO2/c1-43(2)29-30-44(3)31-32-45(37-41(47)48)38-42(49)52-35-28-40-26-24-39(25-27-40)23-21-19-17-15-13-11-9-7-8-10-12-14-16-18-20-22-34-53-55(50,51)54-36-33-46(4,5)6;1-32(2,3)26-29-37-38(34,35)36-28-19-17-15-13-11-9-7-5-4-6-8-10-12-14-16-18-20-30-21-23-31(24-22-30)25-27-33;18-10(19)5-15(1-3-16-6-11(20)24-12(21)7-16)2-4-17-8-13(22)25-14(23)9-17;3*2-1-3/h24-27H,7-23,28-38H2,1-6H3,(H-,47,48,50,51);21-24,33H,4-20,25-29H2,1-3H3;1-9H2,(H,18,19);;;. The van der Waals surface area contributed by atoms with E-state index in [-0.39, 0.29) is 110 Å². The van der Waals surface area contributed by atoms with Crippen LogP contribution in [-0.4, -0.2) is 328 Å². The second kappa shape index (κ2) is 78.9. The van der Waals surface area contributed by atoms with Crippen LogP contribution in [0.3, 0.4) is 0 Å². The molecule has 35 nitrogen and oxygen atoms in total. The molecule has 0 bridgehead atoms. The van der Waals surface area contributed by atoms with E-state index < -0.39 is 51.5 Å². The van der Waals surface area contributed by atoms with Gasteiger partial charge in [0.2, 0.25) is 0 Å². The lowest BCUT2D eigenvalue weighted by Crippen LogP contribution is -2.49. The number of morpholine rings is 2. The number of rotatable bonds is 71. The first-order chi connectivity index (χ1) is 60.4. The van der Waals surface area contributed by atoms with Crippen molar-refractivity contribution in [2.75, 3.05) is 214 Å². The number of likely N-dealkylation sites (N-methyl/N-ethyl adjacent to an activating group) is 4. The minimum absolute atomic E-state index is 0.0247. The van der Waals surface area contributed by atoms with E-state index in [0.29, 0.717) is 67.7 Å². The zero-order valence-electron chi connectivity index (χ0n) is 77.9. The van der Waals surface area contributed by atoms with Crippen LogP contribution in [0.25, 0.3) is 0 Å². The van der Waals surface area contributed by atoms with Gasteiger partial charge in [0.25, 0.3) is 15.6 Å². The van der Waals surface area contributed by atoms with Crippen LogP contribution in [0.1, 0.15) is 228 Å². The van der Waals surface area contributed by atoms with Crippen LogP contribution >= 0.6 is 15.6 Å². The van der Waals surface area contributed by atoms with Crippen molar-refractivity contribution in [1.82, 2.24) is 29.4 Å². The predicted molar refractivity (Wildman–Crippen MR) is 473 cm³/mol. The summed E-state index contributed by atoms with van der Waals surface area (Å²) in [5.41, 5.74) is 5.11. The Morgan fingerprint density at radius 1 is 0.386 bits per heavy atom. The fourth-order valence-electron chi connectivity index (χ4n) is 13.2.